The summed E-state index contributed by atoms with van der Waals surface area (Å²) < 4.78 is 5.26. The van der Waals surface area contributed by atoms with E-state index in [-0.39, 0.29) is 47.2 Å². The lowest BCUT2D eigenvalue weighted by Gasteiger charge is -2.67. The van der Waals surface area contributed by atoms with Gasteiger partial charge in [-0.05, 0) is 62.7 Å². The SMILES string of the molecule is COC(=O)[C@@H]1C[C@@]23C4=C(CC[C@@H]5CN6C[C@@H](C)[C@@](O)(CC[C@@]52CO)[C@@H]63)CC[C@@H]41. The van der Waals surface area contributed by atoms with Gasteiger partial charge in [0.1, 0.15) is 0 Å². The number of methoxy groups -OCH3 is 1. The molecule has 2 N–H and O–H groups in total. The Kier molecular flexibility index (Phi) is 3.46. The Labute approximate surface area is 167 Å². The molecule has 0 unspecified atom stereocenters. The van der Waals surface area contributed by atoms with Gasteiger partial charge in [-0.15, -0.1) is 0 Å². The Balaban J connectivity index is 1.64. The maximum absolute atomic E-state index is 12.8. The lowest BCUT2D eigenvalue weighted by Crippen LogP contribution is -2.73. The molecule has 6 rings (SSSR count). The summed E-state index contributed by atoms with van der Waals surface area (Å²) in [6.45, 7) is 4.32. The van der Waals surface area contributed by atoms with Gasteiger partial charge in [0.05, 0.1) is 18.6 Å². The van der Waals surface area contributed by atoms with Crippen LogP contribution in [-0.4, -0.2) is 59.5 Å². The van der Waals surface area contributed by atoms with Crippen molar-refractivity contribution < 1.29 is 19.7 Å². The predicted octanol–water partition coefficient (Wildman–Crippen LogP) is 2.12. The van der Waals surface area contributed by atoms with E-state index in [0.29, 0.717) is 5.92 Å². The minimum Gasteiger partial charge on any atom is -0.469 e. The van der Waals surface area contributed by atoms with Crippen LogP contribution in [0.2, 0.25) is 0 Å². The van der Waals surface area contributed by atoms with E-state index in [1.165, 1.54) is 12.7 Å². The molecule has 0 amide bonds. The number of aliphatic hydroxyl groups is 2. The normalized spacial score (nSPS) is 53.9. The molecule has 2 aliphatic heterocycles. The number of hydrogen-bond donors (Lipinski definition) is 2. The maximum Gasteiger partial charge on any atom is 0.309 e. The van der Waals surface area contributed by atoms with E-state index < -0.39 is 5.60 Å². The minimum absolute atomic E-state index is 0.0468. The molecule has 8 atom stereocenters. The van der Waals surface area contributed by atoms with Crippen LogP contribution in [0.15, 0.2) is 11.1 Å². The van der Waals surface area contributed by atoms with E-state index >= 15 is 0 Å². The number of carbonyl (C=O) groups is 1. The van der Waals surface area contributed by atoms with Gasteiger partial charge >= 0.3 is 5.97 Å². The fraction of sp³-hybridized carbons (Fsp3) is 0.870. The van der Waals surface area contributed by atoms with Crippen LogP contribution in [0.3, 0.4) is 0 Å². The molecule has 5 heteroatoms. The van der Waals surface area contributed by atoms with E-state index in [2.05, 4.69) is 11.8 Å². The Morgan fingerprint density at radius 3 is 2.79 bits per heavy atom. The molecule has 2 heterocycles. The molecule has 0 aromatic carbocycles. The zero-order valence-electron chi connectivity index (χ0n) is 17.1. The second-order valence-corrected chi connectivity index (χ2v) is 10.8. The molecule has 5 nitrogen and oxygen atoms in total. The first-order chi connectivity index (χ1) is 13.4. The number of aliphatic hydroxyl groups excluding tert-OH is 1. The fourth-order valence-corrected chi connectivity index (χ4v) is 9.42. The van der Waals surface area contributed by atoms with Crippen molar-refractivity contribution in [2.24, 2.45) is 34.5 Å². The zero-order chi connectivity index (χ0) is 19.5. The van der Waals surface area contributed by atoms with Gasteiger partial charge in [-0.25, -0.2) is 0 Å². The molecule has 28 heavy (non-hydrogen) atoms. The highest BCUT2D eigenvalue weighted by Crippen LogP contribution is 2.77. The van der Waals surface area contributed by atoms with Gasteiger partial charge in [0.2, 0.25) is 0 Å². The standard InChI is InChI=1S/C23H33NO4/c1-13-10-24-11-15-5-3-14-4-6-16-17(19(26)28-2)9-22(18(14)16)20(24)23(13,27)8-7-21(15,22)12-25/h13,15-17,20,25,27H,3-12H2,1-2H3/t13-,15-,16-,17-,20+,21-,22+,23+/m1/s1. The molecule has 0 aromatic rings. The number of allylic oxidation sites excluding steroid dienone is 1. The molecule has 2 saturated carbocycles. The number of piperidine rings is 1. The van der Waals surface area contributed by atoms with Gasteiger partial charge < -0.3 is 14.9 Å². The first kappa shape index (κ1) is 17.9. The molecular formula is C23H33NO4. The van der Waals surface area contributed by atoms with Crippen LogP contribution in [0.1, 0.15) is 51.9 Å². The minimum atomic E-state index is -0.704. The van der Waals surface area contributed by atoms with Crippen molar-refractivity contribution in [3.8, 4) is 0 Å². The van der Waals surface area contributed by atoms with Crippen LogP contribution in [0.25, 0.3) is 0 Å². The van der Waals surface area contributed by atoms with Crippen LogP contribution in [0.5, 0.6) is 0 Å². The summed E-state index contributed by atoms with van der Waals surface area (Å²) in [7, 11) is 1.51. The number of rotatable bonds is 2. The third kappa shape index (κ3) is 1.68. The van der Waals surface area contributed by atoms with Crippen molar-refractivity contribution in [1.82, 2.24) is 4.90 Å². The quantitative estimate of drug-likeness (QED) is 0.561. The summed E-state index contributed by atoms with van der Waals surface area (Å²) in [5.74, 6) is 0.749. The van der Waals surface area contributed by atoms with Gasteiger partial charge in [0.15, 0.2) is 0 Å². The first-order valence-electron chi connectivity index (χ1n) is 11.3. The molecule has 4 fully saturated rings. The third-order valence-electron chi connectivity index (χ3n) is 10.4. The van der Waals surface area contributed by atoms with Gasteiger partial charge in [0, 0.05) is 36.6 Å². The second-order valence-electron chi connectivity index (χ2n) is 10.8. The topological polar surface area (TPSA) is 70.0 Å². The van der Waals surface area contributed by atoms with Crippen molar-refractivity contribution >= 4 is 5.97 Å². The Morgan fingerprint density at radius 2 is 2.04 bits per heavy atom. The van der Waals surface area contributed by atoms with E-state index in [9.17, 15) is 15.0 Å². The van der Waals surface area contributed by atoms with E-state index in [1.807, 2.05) is 0 Å². The Bertz CT molecular complexity index is 779. The number of carbonyl (C=O) groups excluding carboxylic acids is 1. The summed E-state index contributed by atoms with van der Waals surface area (Å²) in [4.78, 5) is 15.4. The van der Waals surface area contributed by atoms with Crippen molar-refractivity contribution in [3.63, 3.8) is 0 Å². The molecule has 0 aromatic heterocycles. The molecule has 4 bridgehead atoms. The molecule has 4 aliphatic carbocycles. The van der Waals surface area contributed by atoms with Crippen LogP contribution < -0.4 is 0 Å². The van der Waals surface area contributed by atoms with Crippen molar-refractivity contribution in [2.45, 2.75) is 63.5 Å². The van der Waals surface area contributed by atoms with Gasteiger partial charge in [-0.2, -0.15) is 0 Å². The summed E-state index contributed by atoms with van der Waals surface area (Å²) in [6, 6.07) is 0.0468. The summed E-state index contributed by atoms with van der Waals surface area (Å²) >= 11 is 0. The number of ether oxygens (including phenoxy) is 1. The summed E-state index contributed by atoms with van der Waals surface area (Å²) in [6.07, 6.45) is 6.82. The van der Waals surface area contributed by atoms with Crippen LogP contribution in [0, 0.1) is 34.5 Å². The maximum atomic E-state index is 12.8. The molecule has 1 spiro atoms. The van der Waals surface area contributed by atoms with Crippen molar-refractivity contribution in [2.75, 3.05) is 26.8 Å². The third-order valence-corrected chi connectivity index (χ3v) is 10.4. The molecule has 154 valence electrons. The summed E-state index contributed by atoms with van der Waals surface area (Å²) in [5, 5.41) is 22.9. The van der Waals surface area contributed by atoms with Gasteiger partial charge in [-0.1, -0.05) is 18.1 Å². The zero-order valence-corrected chi connectivity index (χ0v) is 17.1. The lowest BCUT2D eigenvalue weighted by molar-refractivity contribution is -0.217. The fourth-order valence-electron chi connectivity index (χ4n) is 9.42. The highest BCUT2D eigenvalue weighted by atomic mass is 16.5. The van der Waals surface area contributed by atoms with Gasteiger partial charge in [0.25, 0.3) is 0 Å². The molecule has 0 radical (unpaired) electrons. The predicted molar refractivity (Wildman–Crippen MR) is 103 cm³/mol. The van der Waals surface area contributed by atoms with Crippen LogP contribution in [-0.2, 0) is 9.53 Å². The first-order valence-corrected chi connectivity index (χ1v) is 11.3. The lowest BCUT2D eigenvalue weighted by atomic mass is 9.42. The summed E-state index contributed by atoms with van der Waals surface area (Å²) in [5.41, 5.74) is 1.90. The van der Waals surface area contributed by atoms with E-state index in [4.69, 9.17) is 4.74 Å². The highest BCUT2D eigenvalue weighted by Gasteiger charge is 2.78. The van der Waals surface area contributed by atoms with Crippen LogP contribution in [0.4, 0.5) is 0 Å². The molecular weight excluding hydrogens is 354 g/mol. The highest BCUT2D eigenvalue weighted by molar-refractivity contribution is 5.75. The largest absolute Gasteiger partial charge is 0.469 e. The van der Waals surface area contributed by atoms with E-state index in [1.54, 1.807) is 5.57 Å². The van der Waals surface area contributed by atoms with E-state index in [0.717, 1.165) is 58.0 Å². The second kappa shape index (κ2) is 5.41. The molecule has 2 saturated heterocycles. The Hall–Kier alpha value is -0.910. The smallest absolute Gasteiger partial charge is 0.309 e. The average molecular weight is 388 g/mol. The van der Waals surface area contributed by atoms with Crippen molar-refractivity contribution in [3.05, 3.63) is 11.1 Å². The van der Waals surface area contributed by atoms with Gasteiger partial charge in [-0.3, -0.25) is 9.69 Å². The molecule has 6 aliphatic rings. The average Bonchev–Trinajstić information content (AvgIpc) is 3.31. The monoisotopic (exact) mass is 387 g/mol. The number of esters is 1. The van der Waals surface area contributed by atoms with Crippen molar-refractivity contribution in [1.29, 1.82) is 0 Å². The Morgan fingerprint density at radius 1 is 1.25 bits per heavy atom. The number of hydrogen-bond acceptors (Lipinski definition) is 5. The van der Waals surface area contributed by atoms with Crippen LogP contribution >= 0.6 is 0 Å². The number of nitrogens with zero attached hydrogens (tertiary/aromatic N) is 1.